The molecule has 0 fully saturated rings. The minimum atomic E-state index is 0. The molecule has 6 nitrogen and oxygen atoms in total. The summed E-state index contributed by atoms with van der Waals surface area (Å²) in [5.74, 6) is 2.43. The van der Waals surface area contributed by atoms with Crippen molar-refractivity contribution in [2.24, 2.45) is 4.99 Å². The molecule has 0 bridgehead atoms. The summed E-state index contributed by atoms with van der Waals surface area (Å²) in [4.78, 5) is 8.32. The molecule has 148 valence electrons. The first-order valence-corrected chi connectivity index (χ1v) is 8.80. The van der Waals surface area contributed by atoms with E-state index in [1.54, 1.807) is 33.5 Å². The lowest BCUT2D eigenvalue weighted by atomic mass is 10.1. The maximum atomic E-state index is 5.79. The molecule has 2 N–H and O–H groups in total. The molecule has 2 aromatic rings. The first-order chi connectivity index (χ1) is 12.7. The van der Waals surface area contributed by atoms with Gasteiger partial charge in [-0.2, -0.15) is 0 Å². The second kappa shape index (κ2) is 12.6. The molecule has 0 unspecified atom stereocenters. The quantitative estimate of drug-likeness (QED) is 0.250. The Labute approximate surface area is 182 Å². The fourth-order valence-electron chi connectivity index (χ4n) is 2.49. The summed E-state index contributed by atoms with van der Waals surface area (Å²) >= 11 is 5.79. The molecular weight excluding hydrogens is 479 g/mol. The van der Waals surface area contributed by atoms with Crippen LogP contribution in [0, 0.1) is 0 Å². The largest absolute Gasteiger partial charge is 0.497 e. The predicted molar refractivity (Wildman–Crippen MR) is 121 cm³/mol. The summed E-state index contributed by atoms with van der Waals surface area (Å²) in [6.07, 6.45) is 3.42. The fraction of sp³-hybridized carbons (Fsp3) is 0.368. The molecule has 0 atom stereocenters. The van der Waals surface area contributed by atoms with Gasteiger partial charge < -0.3 is 20.1 Å². The van der Waals surface area contributed by atoms with E-state index in [4.69, 9.17) is 21.1 Å². The molecular formula is C19H26ClIN4O2. The summed E-state index contributed by atoms with van der Waals surface area (Å²) in [5.41, 5.74) is 2.21. The average Bonchev–Trinajstić information content (AvgIpc) is 2.68. The van der Waals surface area contributed by atoms with E-state index in [0.717, 1.165) is 54.5 Å². The summed E-state index contributed by atoms with van der Waals surface area (Å²) < 4.78 is 10.7. The molecule has 1 aromatic heterocycles. The van der Waals surface area contributed by atoms with Gasteiger partial charge in [0.2, 0.25) is 0 Å². The number of aromatic nitrogens is 1. The maximum Gasteiger partial charge on any atom is 0.190 e. The Morgan fingerprint density at radius 2 is 1.81 bits per heavy atom. The predicted octanol–water partition coefficient (Wildman–Crippen LogP) is 3.32. The van der Waals surface area contributed by atoms with Crippen LogP contribution in [-0.4, -0.2) is 45.3 Å². The number of nitrogens with zero attached hydrogens (tertiary/aromatic N) is 2. The Kier molecular flexibility index (Phi) is 10.9. The monoisotopic (exact) mass is 504 g/mol. The number of guanidine groups is 1. The van der Waals surface area contributed by atoms with Gasteiger partial charge in [0, 0.05) is 26.3 Å². The number of halogens is 2. The van der Waals surface area contributed by atoms with Gasteiger partial charge in [0.25, 0.3) is 0 Å². The average molecular weight is 505 g/mol. The van der Waals surface area contributed by atoms with Crippen molar-refractivity contribution < 1.29 is 9.47 Å². The SMILES string of the molecule is CN=C(NCCc1ccc(Cl)nc1)NCCc1cc(OC)ccc1OC.I. The Morgan fingerprint density at radius 1 is 1.07 bits per heavy atom. The van der Waals surface area contributed by atoms with Gasteiger partial charge in [-0.3, -0.25) is 4.99 Å². The number of ether oxygens (including phenoxy) is 2. The van der Waals surface area contributed by atoms with Crippen LogP contribution in [0.5, 0.6) is 11.5 Å². The smallest absolute Gasteiger partial charge is 0.190 e. The van der Waals surface area contributed by atoms with E-state index in [1.165, 1.54) is 0 Å². The molecule has 0 aliphatic carbocycles. The van der Waals surface area contributed by atoms with E-state index in [9.17, 15) is 0 Å². The summed E-state index contributed by atoms with van der Waals surface area (Å²) in [5, 5.41) is 7.11. The highest BCUT2D eigenvalue weighted by atomic mass is 127. The second-order valence-corrected chi connectivity index (χ2v) is 5.98. The van der Waals surface area contributed by atoms with Gasteiger partial charge >= 0.3 is 0 Å². The normalized spacial score (nSPS) is 10.7. The molecule has 27 heavy (non-hydrogen) atoms. The Hall–Kier alpha value is -1.74. The lowest BCUT2D eigenvalue weighted by Gasteiger charge is -2.14. The zero-order chi connectivity index (χ0) is 18.8. The number of hydrogen-bond acceptors (Lipinski definition) is 4. The molecule has 0 spiro atoms. The van der Waals surface area contributed by atoms with Crippen molar-refractivity contribution in [3.05, 3.63) is 52.8 Å². The highest BCUT2D eigenvalue weighted by Gasteiger charge is 2.06. The molecule has 1 heterocycles. The molecule has 0 saturated carbocycles. The molecule has 0 aliphatic heterocycles. The number of rotatable bonds is 8. The van der Waals surface area contributed by atoms with Crippen LogP contribution in [0.15, 0.2) is 41.5 Å². The zero-order valence-corrected chi connectivity index (χ0v) is 18.9. The van der Waals surface area contributed by atoms with Crippen molar-refractivity contribution in [1.29, 1.82) is 0 Å². The Morgan fingerprint density at radius 3 is 2.41 bits per heavy atom. The number of nitrogens with one attached hydrogen (secondary N) is 2. The van der Waals surface area contributed by atoms with Crippen molar-refractivity contribution >= 4 is 41.5 Å². The van der Waals surface area contributed by atoms with Crippen LogP contribution in [0.1, 0.15) is 11.1 Å². The molecule has 0 aliphatic rings. The van der Waals surface area contributed by atoms with Gasteiger partial charge in [0.05, 0.1) is 14.2 Å². The van der Waals surface area contributed by atoms with Gasteiger partial charge in [-0.15, -0.1) is 24.0 Å². The lowest BCUT2D eigenvalue weighted by molar-refractivity contribution is 0.398. The van der Waals surface area contributed by atoms with E-state index >= 15 is 0 Å². The maximum absolute atomic E-state index is 5.79. The van der Waals surface area contributed by atoms with Gasteiger partial charge in [0.15, 0.2) is 5.96 Å². The summed E-state index contributed by atoms with van der Waals surface area (Å²) in [6.45, 7) is 1.48. The van der Waals surface area contributed by atoms with E-state index in [2.05, 4.69) is 20.6 Å². The molecule has 8 heteroatoms. The van der Waals surface area contributed by atoms with E-state index in [0.29, 0.717) is 5.15 Å². The molecule has 0 radical (unpaired) electrons. The van der Waals surface area contributed by atoms with Crippen molar-refractivity contribution in [3.63, 3.8) is 0 Å². The van der Waals surface area contributed by atoms with Crippen LogP contribution in [0.25, 0.3) is 0 Å². The van der Waals surface area contributed by atoms with E-state index in [-0.39, 0.29) is 24.0 Å². The van der Waals surface area contributed by atoms with Crippen molar-refractivity contribution in [3.8, 4) is 11.5 Å². The summed E-state index contributed by atoms with van der Waals surface area (Å²) in [6, 6.07) is 9.57. The summed E-state index contributed by atoms with van der Waals surface area (Å²) in [7, 11) is 5.09. The Bertz CT molecular complexity index is 726. The first kappa shape index (κ1) is 23.3. The highest BCUT2D eigenvalue weighted by molar-refractivity contribution is 14.0. The van der Waals surface area contributed by atoms with Crippen molar-refractivity contribution in [2.45, 2.75) is 12.8 Å². The number of benzene rings is 1. The Balaban J connectivity index is 0.00000364. The van der Waals surface area contributed by atoms with Gasteiger partial charge in [0.1, 0.15) is 16.7 Å². The van der Waals surface area contributed by atoms with Gasteiger partial charge in [-0.1, -0.05) is 17.7 Å². The van der Waals surface area contributed by atoms with Crippen molar-refractivity contribution in [1.82, 2.24) is 15.6 Å². The fourth-order valence-corrected chi connectivity index (χ4v) is 2.60. The standard InChI is InChI=1S/C19H25ClN4O2.HI/c1-21-19(22-10-8-14-4-7-18(20)24-13-14)23-11-9-15-12-16(25-2)5-6-17(15)26-3;/h4-7,12-13H,8-11H2,1-3H3,(H2,21,22,23);1H. The number of pyridine rings is 1. The van der Waals surface area contributed by atoms with Crippen LogP contribution in [-0.2, 0) is 12.8 Å². The van der Waals surface area contributed by atoms with Gasteiger partial charge in [-0.25, -0.2) is 4.98 Å². The number of aliphatic imine (C=N–C) groups is 1. The van der Waals surface area contributed by atoms with Crippen LogP contribution < -0.4 is 20.1 Å². The molecule has 0 saturated heterocycles. The third-order valence-corrected chi connectivity index (χ3v) is 4.12. The number of methoxy groups -OCH3 is 2. The third kappa shape index (κ3) is 7.80. The zero-order valence-electron chi connectivity index (χ0n) is 15.8. The molecule has 0 amide bonds. The second-order valence-electron chi connectivity index (χ2n) is 5.59. The highest BCUT2D eigenvalue weighted by Crippen LogP contribution is 2.24. The van der Waals surface area contributed by atoms with Crippen LogP contribution in [0.2, 0.25) is 5.15 Å². The minimum absolute atomic E-state index is 0. The third-order valence-electron chi connectivity index (χ3n) is 3.89. The topological polar surface area (TPSA) is 67.8 Å². The van der Waals surface area contributed by atoms with E-state index < -0.39 is 0 Å². The molecule has 1 aromatic carbocycles. The van der Waals surface area contributed by atoms with E-state index in [1.807, 2.05) is 24.3 Å². The van der Waals surface area contributed by atoms with Gasteiger partial charge in [-0.05, 0) is 48.2 Å². The van der Waals surface area contributed by atoms with Crippen molar-refractivity contribution in [2.75, 3.05) is 34.4 Å². The van der Waals surface area contributed by atoms with Crippen LogP contribution >= 0.6 is 35.6 Å². The minimum Gasteiger partial charge on any atom is -0.497 e. The number of hydrogen-bond donors (Lipinski definition) is 2. The molecule has 2 rings (SSSR count). The first-order valence-electron chi connectivity index (χ1n) is 8.42. The van der Waals surface area contributed by atoms with Crippen LogP contribution in [0.4, 0.5) is 0 Å². The van der Waals surface area contributed by atoms with Crippen LogP contribution in [0.3, 0.4) is 0 Å². The lowest BCUT2D eigenvalue weighted by Crippen LogP contribution is -2.39.